The Labute approximate surface area is 118 Å². The van der Waals surface area contributed by atoms with Crippen molar-refractivity contribution in [3.8, 4) is 5.75 Å². The number of benzene rings is 1. The number of amides is 1. The van der Waals surface area contributed by atoms with E-state index >= 15 is 0 Å². The van der Waals surface area contributed by atoms with Crippen LogP contribution in [0.4, 0.5) is 0 Å². The lowest BCUT2D eigenvalue weighted by molar-refractivity contribution is -0.138. The van der Waals surface area contributed by atoms with Crippen molar-refractivity contribution in [3.63, 3.8) is 0 Å². The van der Waals surface area contributed by atoms with Crippen LogP contribution < -0.4 is 4.74 Å². The van der Waals surface area contributed by atoms with Crippen LogP contribution in [0, 0.1) is 5.92 Å². The van der Waals surface area contributed by atoms with Crippen LogP contribution >= 0.6 is 0 Å². The van der Waals surface area contributed by atoms with Gasteiger partial charge in [-0.05, 0) is 30.0 Å². The maximum absolute atomic E-state index is 12.1. The summed E-state index contributed by atoms with van der Waals surface area (Å²) in [5.41, 5.74) is 0.942. The van der Waals surface area contributed by atoms with Gasteiger partial charge in [-0.25, -0.2) is 0 Å². The first kappa shape index (κ1) is 14.4. The van der Waals surface area contributed by atoms with E-state index in [9.17, 15) is 9.59 Å². The molecule has 0 bridgehead atoms. The first-order valence-electron chi connectivity index (χ1n) is 6.71. The standard InChI is InChI=1S/C15H19NO4/c1-20-13-4-2-11(3-5-13)8-14(17)16-7-6-12(10-16)9-15(18)19/h2-5,12H,6-10H2,1H3,(H,18,19). The van der Waals surface area contributed by atoms with Gasteiger partial charge in [-0.1, -0.05) is 12.1 Å². The van der Waals surface area contributed by atoms with Crippen molar-refractivity contribution in [1.29, 1.82) is 0 Å². The van der Waals surface area contributed by atoms with Crippen LogP contribution in [0.3, 0.4) is 0 Å². The van der Waals surface area contributed by atoms with E-state index in [4.69, 9.17) is 9.84 Å². The van der Waals surface area contributed by atoms with Crippen LogP contribution in [-0.4, -0.2) is 42.1 Å². The van der Waals surface area contributed by atoms with Gasteiger partial charge in [0.1, 0.15) is 5.75 Å². The van der Waals surface area contributed by atoms with Crippen LogP contribution in [0.25, 0.3) is 0 Å². The van der Waals surface area contributed by atoms with Gasteiger partial charge < -0.3 is 14.7 Å². The minimum absolute atomic E-state index is 0.0584. The highest BCUT2D eigenvalue weighted by atomic mass is 16.5. The fourth-order valence-corrected chi connectivity index (χ4v) is 2.50. The monoisotopic (exact) mass is 277 g/mol. The third kappa shape index (κ3) is 3.73. The maximum atomic E-state index is 12.1. The first-order chi connectivity index (χ1) is 9.58. The lowest BCUT2D eigenvalue weighted by atomic mass is 10.1. The molecule has 1 fully saturated rings. The summed E-state index contributed by atoms with van der Waals surface area (Å²) in [7, 11) is 1.60. The minimum Gasteiger partial charge on any atom is -0.497 e. The van der Waals surface area contributed by atoms with Crippen molar-refractivity contribution < 1.29 is 19.4 Å². The van der Waals surface area contributed by atoms with Crippen LogP contribution in [0.1, 0.15) is 18.4 Å². The number of hydrogen-bond acceptors (Lipinski definition) is 3. The molecule has 1 atom stereocenters. The minimum atomic E-state index is -0.792. The van der Waals surface area contributed by atoms with E-state index in [1.165, 1.54) is 0 Å². The summed E-state index contributed by atoms with van der Waals surface area (Å²) in [6.45, 7) is 1.22. The molecule has 2 rings (SSSR count). The van der Waals surface area contributed by atoms with Gasteiger partial charge in [0.25, 0.3) is 0 Å². The number of ether oxygens (including phenoxy) is 1. The van der Waals surface area contributed by atoms with Crippen molar-refractivity contribution in [3.05, 3.63) is 29.8 Å². The third-order valence-corrected chi connectivity index (χ3v) is 3.62. The highest BCUT2D eigenvalue weighted by Gasteiger charge is 2.27. The summed E-state index contributed by atoms with van der Waals surface area (Å²) in [4.78, 5) is 24.6. The lowest BCUT2D eigenvalue weighted by Crippen LogP contribution is -2.30. The SMILES string of the molecule is COc1ccc(CC(=O)N2CCC(CC(=O)O)C2)cc1. The largest absolute Gasteiger partial charge is 0.497 e. The molecule has 0 aromatic heterocycles. The van der Waals surface area contributed by atoms with E-state index < -0.39 is 5.97 Å². The summed E-state index contributed by atoms with van der Waals surface area (Å²) < 4.78 is 5.07. The highest BCUT2D eigenvalue weighted by Crippen LogP contribution is 2.21. The van der Waals surface area contributed by atoms with E-state index in [0.29, 0.717) is 19.5 Å². The average Bonchev–Trinajstić information content (AvgIpc) is 2.87. The Morgan fingerprint density at radius 1 is 1.35 bits per heavy atom. The van der Waals surface area contributed by atoms with Gasteiger partial charge >= 0.3 is 5.97 Å². The van der Waals surface area contributed by atoms with Gasteiger partial charge in [0.15, 0.2) is 0 Å². The zero-order valence-corrected chi connectivity index (χ0v) is 11.5. The second-order valence-corrected chi connectivity index (χ2v) is 5.12. The van der Waals surface area contributed by atoms with E-state index in [-0.39, 0.29) is 18.2 Å². The number of nitrogens with zero attached hydrogens (tertiary/aromatic N) is 1. The van der Waals surface area contributed by atoms with E-state index in [2.05, 4.69) is 0 Å². The molecule has 1 unspecified atom stereocenters. The zero-order chi connectivity index (χ0) is 14.5. The number of carbonyl (C=O) groups excluding carboxylic acids is 1. The molecule has 0 aliphatic carbocycles. The summed E-state index contributed by atoms with van der Waals surface area (Å²) >= 11 is 0. The number of carbonyl (C=O) groups is 2. The third-order valence-electron chi connectivity index (χ3n) is 3.62. The molecule has 0 spiro atoms. The highest BCUT2D eigenvalue weighted by molar-refractivity contribution is 5.79. The van der Waals surface area contributed by atoms with Crippen LogP contribution in [0.15, 0.2) is 24.3 Å². The molecule has 1 amide bonds. The first-order valence-corrected chi connectivity index (χ1v) is 6.71. The molecular weight excluding hydrogens is 258 g/mol. The molecule has 5 nitrogen and oxygen atoms in total. The number of carboxylic acids is 1. The van der Waals surface area contributed by atoms with Crippen molar-refractivity contribution in [1.82, 2.24) is 4.90 Å². The Balaban J connectivity index is 1.87. The topological polar surface area (TPSA) is 66.8 Å². The van der Waals surface area contributed by atoms with Crippen LogP contribution in [0.2, 0.25) is 0 Å². The number of aliphatic carboxylic acids is 1. The van der Waals surface area contributed by atoms with Crippen LogP contribution in [-0.2, 0) is 16.0 Å². The Bertz CT molecular complexity index is 483. The Morgan fingerprint density at radius 2 is 2.05 bits per heavy atom. The fourth-order valence-electron chi connectivity index (χ4n) is 2.50. The van der Waals surface area contributed by atoms with Crippen molar-refractivity contribution in [2.24, 2.45) is 5.92 Å². The molecule has 0 radical (unpaired) electrons. The second kappa shape index (κ2) is 6.41. The van der Waals surface area contributed by atoms with Gasteiger partial charge in [0.05, 0.1) is 13.5 Å². The number of likely N-dealkylation sites (tertiary alicyclic amines) is 1. The lowest BCUT2D eigenvalue weighted by Gasteiger charge is -2.16. The molecule has 1 aromatic rings. The van der Waals surface area contributed by atoms with Gasteiger partial charge in [-0.15, -0.1) is 0 Å². The van der Waals surface area contributed by atoms with E-state index in [1.54, 1.807) is 12.0 Å². The molecule has 108 valence electrons. The summed E-state index contributed by atoms with van der Waals surface area (Å²) in [5, 5.41) is 8.77. The predicted molar refractivity (Wildman–Crippen MR) is 73.6 cm³/mol. The number of carboxylic acid groups (broad SMARTS) is 1. The number of rotatable bonds is 5. The summed E-state index contributed by atoms with van der Waals surface area (Å²) in [6.07, 6.45) is 1.27. The Kier molecular flexibility index (Phi) is 4.61. The number of hydrogen-bond donors (Lipinski definition) is 1. The van der Waals surface area contributed by atoms with Crippen molar-refractivity contribution in [2.45, 2.75) is 19.3 Å². The molecule has 5 heteroatoms. The van der Waals surface area contributed by atoms with E-state index in [1.807, 2.05) is 24.3 Å². The molecule has 1 aromatic carbocycles. The molecule has 20 heavy (non-hydrogen) atoms. The fraction of sp³-hybridized carbons (Fsp3) is 0.467. The Hall–Kier alpha value is -2.04. The predicted octanol–water partition coefficient (Wildman–Crippen LogP) is 1.56. The van der Waals surface area contributed by atoms with Crippen molar-refractivity contribution in [2.75, 3.05) is 20.2 Å². The molecular formula is C15H19NO4. The van der Waals surface area contributed by atoms with Gasteiger partial charge in [-0.3, -0.25) is 9.59 Å². The normalized spacial score (nSPS) is 18.1. The second-order valence-electron chi connectivity index (χ2n) is 5.12. The van der Waals surface area contributed by atoms with Crippen LogP contribution in [0.5, 0.6) is 5.75 Å². The summed E-state index contributed by atoms with van der Waals surface area (Å²) in [5.74, 6) is 0.124. The smallest absolute Gasteiger partial charge is 0.303 e. The average molecular weight is 277 g/mol. The number of methoxy groups -OCH3 is 1. The van der Waals surface area contributed by atoms with Gasteiger partial charge in [0, 0.05) is 19.5 Å². The molecule has 1 heterocycles. The van der Waals surface area contributed by atoms with Crippen molar-refractivity contribution >= 4 is 11.9 Å². The molecule has 1 aliphatic rings. The quantitative estimate of drug-likeness (QED) is 0.887. The molecule has 0 saturated carbocycles. The summed E-state index contributed by atoms with van der Waals surface area (Å²) in [6, 6.07) is 7.42. The molecule has 1 aliphatic heterocycles. The van der Waals surface area contributed by atoms with E-state index in [0.717, 1.165) is 17.7 Å². The zero-order valence-electron chi connectivity index (χ0n) is 11.5. The van der Waals surface area contributed by atoms with Gasteiger partial charge in [-0.2, -0.15) is 0 Å². The van der Waals surface area contributed by atoms with Gasteiger partial charge in [0.2, 0.25) is 5.91 Å². The Morgan fingerprint density at radius 3 is 2.65 bits per heavy atom. The molecule has 1 saturated heterocycles. The maximum Gasteiger partial charge on any atom is 0.303 e. The molecule has 1 N–H and O–H groups in total.